The average Bonchev–Trinajstić information content (AvgIpc) is 2.10. The highest BCUT2D eigenvalue weighted by molar-refractivity contribution is 5.00. The van der Waals surface area contributed by atoms with Gasteiger partial charge in [-0.15, -0.1) is 0 Å². The topological polar surface area (TPSA) is 3.24 Å². The van der Waals surface area contributed by atoms with Crippen LogP contribution in [0.15, 0.2) is 11.6 Å². The lowest BCUT2D eigenvalue weighted by Gasteiger charge is -2.08. The monoisotopic (exact) mass is 183 g/mol. The number of unbranched alkanes of at least 4 members (excludes halogenated alkanes) is 1. The lowest BCUT2D eigenvalue weighted by atomic mass is 10.1. The van der Waals surface area contributed by atoms with E-state index in [4.69, 9.17) is 0 Å². The van der Waals surface area contributed by atoms with Crippen LogP contribution in [0.5, 0.6) is 0 Å². The van der Waals surface area contributed by atoms with Crippen molar-refractivity contribution < 1.29 is 0 Å². The SMILES string of the molecule is CCCC(=CCCCN(C)C)CC. The molecular weight excluding hydrogens is 158 g/mol. The molecule has 1 heteroatoms. The maximum atomic E-state index is 2.44. The summed E-state index contributed by atoms with van der Waals surface area (Å²) in [5.41, 5.74) is 1.64. The minimum atomic E-state index is 1.21. The Morgan fingerprint density at radius 3 is 2.38 bits per heavy atom. The first-order chi connectivity index (χ1) is 6.20. The van der Waals surface area contributed by atoms with Crippen LogP contribution in [0.1, 0.15) is 46.0 Å². The summed E-state index contributed by atoms with van der Waals surface area (Å²) < 4.78 is 0. The van der Waals surface area contributed by atoms with Crippen LogP contribution in [0.25, 0.3) is 0 Å². The molecule has 78 valence electrons. The van der Waals surface area contributed by atoms with Gasteiger partial charge >= 0.3 is 0 Å². The van der Waals surface area contributed by atoms with Crippen molar-refractivity contribution in [3.63, 3.8) is 0 Å². The van der Waals surface area contributed by atoms with Crippen LogP contribution in [-0.4, -0.2) is 25.5 Å². The van der Waals surface area contributed by atoms with Gasteiger partial charge in [-0.3, -0.25) is 0 Å². The third-order valence-corrected chi connectivity index (χ3v) is 2.27. The van der Waals surface area contributed by atoms with Gasteiger partial charge in [0, 0.05) is 0 Å². The minimum absolute atomic E-state index is 1.21. The van der Waals surface area contributed by atoms with Crippen LogP contribution in [0.4, 0.5) is 0 Å². The molecule has 0 aliphatic carbocycles. The van der Waals surface area contributed by atoms with Gasteiger partial charge in [-0.1, -0.05) is 31.9 Å². The molecule has 0 unspecified atom stereocenters. The number of nitrogens with zero attached hydrogens (tertiary/aromatic N) is 1. The highest BCUT2D eigenvalue weighted by Gasteiger charge is 1.93. The third kappa shape index (κ3) is 8.04. The van der Waals surface area contributed by atoms with E-state index in [9.17, 15) is 0 Å². The number of hydrogen-bond donors (Lipinski definition) is 0. The van der Waals surface area contributed by atoms with Crippen molar-refractivity contribution in [1.29, 1.82) is 0 Å². The second-order valence-electron chi connectivity index (χ2n) is 3.91. The van der Waals surface area contributed by atoms with Crippen molar-refractivity contribution in [2.24, 2.45) is 0 Å². The molecule has 0 aromatic rings. The third-order valence-electron chi connectivity index (χ3n) is 2.27. The number of allylic oxidation sites excluding steroid dienone is 2. The van der Waals surface area contributed by atoms with E-state index in [1.54, 1.807) is 5.57 Å². The Morgan fingerprint density at radius 1 is 1.23 bits per heavy atom. The highest BCUT2D eigenvalue weighted by Crippen LogP contribution is 2.10. The molecule has 0 atom stereocenters. The summed E-state index contributed by atoms with van der Waals surface area (Å²) in [7, 11) is 4.27. The van der Waals surface area contributed by atoms with E-state index in [-0.39, 0.29) is 0 Å². The lowest BCUT2D eigenvalue weighted by Crippen LogP contribution is -2.12. The molecule has 0 aromatic carbocycles. The molecule has 13 heavy (non-hydrogen) atoms. The van der Waals surface area contributed by atoms with E-state index in [1.807, 2.05) is 0 Å². The smallest absolute Gasteiger partial charge is 0.00219 e. The summed E-state index contributed by atoms with van der Waals surface area (Å²) >= 11 is 0. The Bertz CT molecular complexity index is 136. The molecular formula is C12H25N. The standard InChI is InChI=1S/C12H25N/c1-5-9-12(6-2)10-7-8-11-13(3)4/h10H,5-9,11H2,1-4H3. The van der Waals surface area contributed by atoms with Crippen LogP contribution < -0.4 is 0 Å². The largest absolute Gasteiger partial charge is 0.309 e. The molecule has 0 rings (SSSR count). The summed E-state index contributed by atoms with van der Waals surface area (Å²) in [6.07, 6.45) is 8.79. The first-order valence-corrected chi connectivity index (χ1v) is 5.53. The molecule has 0 aliphatic heterocycles. The van der Waals surface area contributed by atoms with Crippen molar-refractivity contribution in [2.45, 2.75) is 46.0 Å². The Kier molecular flexibility index (Phi) is 8.11. The van der Waals surface area contributed by atoms with Crippen molar-refractivity contribution in [3.05, 3.63) is 11.6 Å². The molecule has 0 spiro atoms. The van der Waals surface area contributed by atoms with Crippen molar-refractivity contribution >= 4 is 0 Å². The van der Waals surface area contributed by atoms with Gasteiger partial charge in [0.05, 0.1) is 0 Å². The lowest BCUT2D eigenvalue weighted by molar-refractivity contribution is 0.401. The van der Waals surface area contributed by atoms with Crippen LogP contribution in [0, 0.1) is 0 Å². The van der Waals surface area contributed by atoms with Gasteiger partial charge in [-0.2, -0.15) is 0 Å². The van der Waals surface area contributed by atoms with E-state index in [0.29, 0.717) is 0 Å². The molecule has 0 aromatic heterocycles. The Hall–Kier alpha value is -0.300. The van der Waals surface area contributed by atoms with Gasteiger partial charge in [0.1, 0.15) is 0 Å². The fourth-order valence-electron chi connectivity index (χ4n) is 1.46. The molecule has 0 saturated heterocycles. The summed E-state index contributed by atoms with van der Waals surface area (Å²) in [5, 5.41) is 0. The first-order valence-electron chi connectivity index (χ1n) is 5.53. The summed E-state index contributed by atoms with van der Waals surface area (Å²) in [6.45, 7) is 5.72. The normalized spacial score (nSPS) is 12.5. The predicted octanol–water partition coefficient (Wildman–Crippen LogP) is 3.46. The summed E-state index contributed by atoms with van der Waals surface area (Å²) in [5.74, 6) is 0. The second kappa shape index (κ2) is 8.31. The minimum Gasteiger partial charge on any atom is -0.309 e. The zero-order valence-corrected chi connectivity index (χ0v) is 9.77. The van der Waals surface area contributed by atoms with Gasteiger partial charge in [-0.05, 0) is 46.3 Å². The summed E-state index contributed by atoms with van der Waals surface area (Å²) in [4.78, 5) is 2.25. The number of hydrogen-bond acceptors (Lipinski definition) is 1. The van der Waals surface area contributed by atoms with Crippen molar-refractivity contribution in [1.82, 2.24) is 4.90 Å². The molecule has 1 nitrogen and oxygen atoms in total. The molecule has 0 radical (unpaired) electrons. The zero-order valence-electron chi connectivity index (χ0n) is 9.77. The van der Waals surface area contributed by atoms with E-state index in [0.717, 1.165) is 0 Å². The van der Waals surface area contributed by atoms with Gasteiger partial charge in [0.2, 0.25) is 0 Å². The molecule has 0 saturated carbocycles. The Morgan fingerprint density at radius 2 is 1.92 bits per heavy atom. The van der Waals surface area contributed by atoms with Gasteiger partial charge in [0.25, 0.3) is 0 Å². The maximum absolute atomic E-state index is 2.44. The molecule has 0 fully saturated rings. The molecule has 0 aliphatic rings. The van der Waals surface area contributed by atoms with Gasteiger partial charge in [0.15, 0.2) is 0 Å². The van der Waals surface area contributed by atoms with E-state index in [1.165, 1.54) is 38.6 Å². The fraction of sp³-hybridized carbons (Fsp3) is 0.833. The van der Waals surface area contributed by atoms with Crippen LogP contribution >= 0.6 is 0 Å². The van der Waals surface area contributed by atoms with E-state index < -0.39 is 0 Å². The van der Waals surface area contributed by atoms with E-state index in [2.05, 4.69) is 38.9 Å². The van der Waals surface area contributed by atoms with Crippen molar-refractivity contribution in [3.8, 4) is 0 Å². The summed E-state index contributed by atoms with van der Waals surface area (Å²) in [6, 6.07) is 0. The molecule has 0 bridgehead atoms. The predicted molar refractivity (Wildman–Crippen MR) is 61.1 cm³/mol. The van der Waals surface area contributed by atoms with Crippen LogP contribution in [0.2, 0.25) is 0 Å². The molecule has 0 heterocycles. The maximum Gasteiger partial charge on any atom is -0.00219 e. The Balaban J connectivity index is 3.54. The second-order valence-corrected chi connectivity index (χ2v) is 3.91. The molecule has 0 N–H and O–H groups in total. The highest BCUT2D eigenvalue weighted by atomic mass is 15.0. The first kappa shape index (κ1) is 12.7. The quantitative estimate of drug-likeness (QED) is 0.431. The van der Waals surface area contributed by atoms with E-state index >= 15 is 0 Å². The average molecular weight is 183 g/mol. The molecule has 0 amide bonds. The van der Waals surface area contributed by atoms with Gasteiger partial charge in [-0.25, -0.2) is 0 Å². The zero-order chi connectivity index (χ0) is 10.1. The Labute approximate surface area is 83.8 Å². The van der Waals surface area contributed by atoms with Crippen molar-refractivity contribution in [2.75, 3.05) is 20.6 Å². The van der Waals surface area contributed by atoms with Crippen LogP contribution in [-0.2, 0) is 0 Å². The van der Waals surface area contributed by atoms with Crippen LogP contribution in [0.3, 0.4) is 0 Å². The van der Waals surface area contributed by atoms with Gasteiger partial charge < -0.3 is 4.90 Å². The fourth-order valence-corrected chi connectivity index (χ4v) is 1.46. The number of rotatable bonds is 7.